The van der Waals surface area contributed by atoms with Gasteiger partial charge >= 0.3 is 0 Å². The van der Waals surface area contributed by atoms with Gasteiger partial charge in [-0.2, -0.15) is 0 Å². The van der Waals surface area contributed by atoms with Gasteiger partial charge in [-0.25, -0.2) is 8.78 Å². The molecule has 1 aliphatic heterocycles. The number of nitrogens with zero attached hydrogens (tertiary/aromatic N) is 1. The Morgan fingerprint density at radius 1 is 1.03 bits per heavy atom. The summed E-state index contributed by atoms with van der Waals surface area (Å²) in [4.78, 5) is 26.1. The van der Waals surface area contributed by atoms with Gasteiger partial charge in [-0.05, 0) is 42.5 Å². The van der Waals surface area contributed by atoms with Crippen molar-refractivity contribution < 1.29 is 23.1 Å². The molecule has 2 amide bonds. The molecule has 0 bridgehead atoms. The highest BCUT2D eigenvalue weighted by molar-refractivity contribution is 6.05. The second-order valence-corrected chi connectivity index (χ2v) is 6.50. The van der Waals surface area contributed by atoms with Crippen molar-refractivity contribution in [1.82, 2.24) is 0 Å². The second-order valence-electron chi connectivity index (χ2n) is 6.50. The maximum absolute atomic E-state index is 14.0. The van der Waals surface area contributed by atoms with Crippen LogP contribution in [0, 0.1) is 11.6 Å². The van der Waals surface area contributed by atoms with Crippen molar-refractivity contribution in [3.63, 3.8) is 0 Å². The van der Waals surface area contributed by atoms with Gasteiger partial charge in [-0.15, -0.1) is 0 Å². The molecule has 0 radical (unpaired) electrons. The molecule has 3 aromatic carbocycles. The zero-order valence-corrected chi connectivity index (χ0v) is 15.2. The molecule has 0 saturated carbocycles. The summed E-state index contributed by atoms with van der Waals surface area (Å²) in [5.74, 6) is -1.11. The van der Waals surface area contributed by atoms with E-state index in [4.69, 9.17) is 4.74 Å². The Kier molecular flexibility index (Phi) is 4.95. The Morgan fingerprint density at radius 3 is 2.55 bits per heavy atom. The molecule has 0 aromatic heterocycles. The molecule has 29 heavy (non-hydrogen) atoms. The summed E-state index contributed by atoms with van der Waals surface area (Å²) < 4.78 is 32.5. The van der Waals surface area contributed by atoms with Crippen LogP contribution in [-0.4, -0.2) is 18.4 Å². The summed E-state index contributed by atoms with van der Waals surface area (Å²) in [6.45, 7) is -0.111. The number of hydrogen-bond donors (Lipinski definition) is 1. The Hall–Kier alpha value is -3.74. The van der Waals surface area contributed by atoms with Crippen molar-refractivity contribution in [2.75, 3.05) is 16.8 Å². The van der Waals surface area contributed by atoms with Gasteiger partial charge in [-0.1, -0.05) is 18.2 Å². The first-order valence-electron chi connectivity index (χ1n) is 8.89. The predicted octanol–water partition coefficient (Wildman–Crippen LogP) is 4.14. The molecule has 1 heterocycles. The van der Waals surface area contributed by atoms with Gasteiger partial charge in [0, 0.05) is 22.9 Å². The molecule has 1 aliphatic rings. The fourth-order valence-electron chi connectivity index (χ4n) is 3.06. The van der Waals surface area contributed by atoms with Gasteiger partial charge in [-0.3, -0.25) is 9.59 Å². The fraction of sp³-hybridized carbons (Fsp3) is 0.0909. The summed E-state index contributed by atoms with van der Waals surface area (Å²) in [6, 6.07) is 16.3. The van der Waals surface area contributed by atoms with Gasteiger partial charge in [0.1, 0.15) is 17.4 Å². The molecule has 0 atom stereocenters. The highest BCUT2D eigenvalue weighted by Gasteiger charge is 2.26. The number of hydrogen-bond acceptors (Lipinski definition) is 3. The monoisotopic (exact) mass is 394 g/mol. The van der Waals surface area contributed by atoms with Gasteiger partial charge < -0.3 is 15.0 Å². The van der Waals surface area contributed by atoms with E-state index in [2.05, 4.69) is 5.32 Å². The van der Waals surface area contributed by atoms with Crippen LogP contribution in [0.3, 0.4) is 0 Å². The van der Waals surface area contributed by atoms with Crippen LogP contribution < -0.4 is 15.0 Å². The highest BCUT2D eigenvalue weighted by Crippen LogP contribution is 2.35. The minimum absolute atomic E-state index is 0.0726. The van der Waals surface area contributed by atoms with E-state index in [0.29, 0.717) is 28.3 Å². The third kappa shape index (κ3) is 3.94. The molecular formula is C22H16F2N2O3. The maximum atomic E-state index is 14.0. The maximum Gasteiger partial charge on any atom is 0.265 e. The van der Waals surface area contributed by atoms with Gasteiger partial charge in [0.2, 0.25) is 0 Å². The SMILES string of the molecule is O=C(Nc1ccc2c(c1)OCC(=O)N2Cc1ccccc1F)c1ccc(F)cc1. The van der Waals surface area contributed by atoms with Gasteiger partial charge in [0.25, 0.3) is 11.8 Å². The molecule has 0 aliphatic carbocycles. The Labute approximate surface area is 165 Å². The van der Waals surface area contributed by atoms with Crippen LogP contribution in [-0.2, 0) is 11.3 Å². The summed E-state index contributed by atoms with van der Waals surface area (Å²) >= 11 is 0. The number of halogens is 2. The van der Waals surface area contributed by atoms with Crippen LogP contribution >= 0.6 is 0 Å². The second kappa shape index (κ2) is 7.71. The number of amides is 2. The molecule has 5 nitrogen and oxygen atoms in total. The first-order chi connectivity index (χ1) is 14.0. The van der Waals surface area contributed by atoms with Crippen molar-refractivity contribution in [1.29, 1.82) is 0 Å². The third-order valence-corrected chi connectivity index (χ3v) is 4.55. The van der Waals surface area contributed by atoms with E-state index in [0.717, 1.165) is 0 Å². The Bertz CT molecular complexity index is 1080. The van der Waals surface area contributed by atoms with Crippen molar-refractivity contribution in [2.24, 2.45) is 0 Å². The van der Waals surface area contributed by atoms with Gasteiger partial charge in [0.05, 0.1) is 12.2 Å². The molecule has 146 valence electrons. The van der Waals surface area contributed by atoms with E-state index in [1.165, 1.54) is 35.2 Å². The van der Waals surface area contributed by atoms with Crippen LogP contribution in [0.15, 0.2) is 66.7 Å². The zero-order valence-electron chi connectivity index (χ0n) is 15.2. The van der Waals surface area contributed by atoms with Crippen LogP contribution in [0.5, 0.6) is 5.75 Å². The van der Waals surface area contributed by atoms with Crippen molar-refractivity contribution in [3.05, 3.63) is 89.5 Å². The summed E-state index contributed by atoms with van der Waals surface area (Å²) in [7, 11) is 0. The number of carbonyl (C=O) groups excluding carboxylic acids is 2. The van der Waals surface area contributed by atoms with E-state index in [-0.39, 0.29) is 19.1 Å². The molecule has 0 saturated heterocycles. The minimum Gasteiger partial charge on any atom is -0.481 e. The molecular weight excluding hydrogens is 378 g/mol. The lowest BCUT2D eigenvalue weighted by atomic mass is 10.1. The fourth-order valence-corrected chi connectivity index (χ4v) is 3.06. The van der Waals surface area contributed by atoms with Crippen molar-refractivity contribution >= 4 is 23.2 Å². The molecule has 0 unspecified atom stereocenters. The largest absolute Gasteiger partial charge is 0.481 e. The molecule has 4 rings (SSSR count). The lowest BCUT2D eigenvalue weighted by Gasteiger charge is -2.30. The number of ether oxygens (including phenoxy) is 1. The number of nitrogens with one attached hydrogen (secondary N) is 1. The van der Waals surface area contributed by atoms with E-state index in [1.54, 1.807) is 36.4 Å². The molecule has 1 N–H and O–H groups in total. The van der Waals surface area contributed by atoms with Gasteiger partial charge in [0.15, 0.2) is 6.61 Å². The normalized spacial score (nSPS) is 12.9. The summed E-state index contributed by atoms with van der Waals surface area (Å²) in [5, 5.41) is 2.71. The number of carbonyl (C=O) groups is 2. The lowest BCUT2D eigenvalue weighted by Crippen LogP contribution is -2.38. The lowest BCUT2D eigenvalue weighted by molar-refractivity contribution is -0.121. The Balaban J connectivity index is 1.56. The van der Waals surface area contributed by atoms with E-state index >= 15 is 0 Å². The minimum atomic E-state index is -0.427. The number of benzene rings is 3. The quantitative estimate of drug-likeness (QED) is 0.724. The highest BCUT2D eigenvalue weighted by atomic mass is 19.1. The number of rotatable bonds is 4. The van der Waals surface area contributed by atoms with Crippen molar-refractivity contribution in [3.8, 4) is 5.75 Å². The van der Waals surface area contributed by atoms with Crippen LogP contribution in [0.25, 0.3) is 0 Å². The van der Waals surface area contributed by atoms with E-state index < -0.39 is 17.5 Å². The first kappa shape index (κ1) is 18.6. The number of fused-ring (bicyclic) bond motifs is 1. The third-order valence-electron chi connectivity index (χ3n) is 4.55. The zero-order chi connectivity index (χ0) is 20.4. The topological polar surface area (TPSA) is 58.6 Å². The summed E-state index contributed by atoms with van der Waals surface area (Å²) in [5.41, 5.74) is 1.64. The smallest absolute Gasteiger partial charge is 0.265 e. The standard InChI is InChI=1S/C22H16F2N2O3/c23-16-7-5-14(6-8-16)22(28)25-17-9-10-19-20(11-17)29-13-21(27)26(19)12-15-3-1-2-4-18(15)24/h1-11H,12-13H2,(H,25,28). The average molecular weight is 394 g/mol. The first-order valence-corrected chi connectivity index (χ1v) is 8.89. The number of anilines is 2. The molecule has 7 heteroatoms. The van der Waals surface area contributed by atoms with E-state index in [9.17, 15) is 18.4 Å². The predicted molar refractivity (Wildman–Crippen MR) is 104 cm³/mol. The summed E-state index contributed by atoms with van der Waals surface area (Å²) in [6.07, 6.45) is 0. The van der Waals surface area contributed by atoms with Crippen LogP contribution in [0.4, 0.5) is 20.2 Å². The Morgan fingerprint density at radius 2 is 1.79 bits per heavy atom. The van der Waals surface area contributed by atoms with Crippen molar-refractivity contribution in [2.45, 2.75) is 6.54 Å². The van der Waals surface area contributed by atoms with Crippen LogP contribution in [0.1, 0.15) is 15.9 Å². The van der Waals surface area contributed by atoms with E-state index in [1.807, 2.05) is 0 Å². The molecule has 0 spiro atoms. The average Bonchev–Trinajstić information content (AvgIpc) is 2.72. The molecule has 0 fully saturated rings. The molecule has 3 aromatic rings. The van der Waals surface area contributed by atoms with Crippen LogP contribution in [0.2, 0.25) is 0 Å².